The van der Waals surface area contributed by atoms with Crippen LogP contribution >= 0.6 is 11.3 Å². The smallest absolute Gasteiger partial charge is 0.131 e. The lowest BCUT2D eigenvalue weighted by atomic mass is 10.2. The van der Waals surface area contributed by atoms with E-state index in [-0.39, 0.29) is 11.6 Å². The molecule has 1 heterocycles. The first-order valence-electron chi connectivity index (χ1n) is 7.68. The van der Waals surface area contributed by atoms with Crippen LogP contribution in [0.5, 0.6) is 5.75 Å². The molecule has 122 valence electrons. The molecule has 0 atom stereocenters. The van der Waals surface area contributed by atoms with Crippen LogP contribution in [0.3, 0.4) is 0 Å². The van der Waals surface area contributed by atoms with Crippen LogP contribution in [-0.4, -0.2) is 16.3 Å². The van der Waals surface area contributed by atoms with Crippen molar-refractivity contribution in [2.75, 3.05) is 0 Å². The standard InChI is InChI=1S/C20H13FN2OS/c21-16-6-2-1-5-13(16)12-22-14-9-10-18(24)15(11-14)20-23-17-7-3-4-8-19(17)25-20/h1-12,24H. The lowest BCUT2D eigenvalue weighted by Gasteiger charge is -2.02. The average Bonchev–Trinajstić information content (AvgIpc) is 3.06. The van der Waals surface area contributed by atoms with Gasteiger partial charge in [-0.1, -0.05) is 30.3 Å². The number of phenolic OH excluding ortho intramolecular Hbond substituents is 1. The molecule has 4 aromatic rings. The number of benzene rings is 3. The Morgan fingerprint density at radius 2 is 1.80 bits per heavy atom. The fourth-order valence-corrected chi connectivity index (χ4v) is 3.48. The Hall–Kier alpha value is -3.05. The first kappa shape index (κ1) is 15.5. The van der Waals surface area contributed by atoms with Crippen molar-refractivity contribution in [3.63, 3.8) is 0 Å². The molecule has 0 aliphatic carbocycles. The largest absolute Gasteiger partial charge is 0.507 e. The molecule has 0 aliphatic heterocycles. The SMILES string of the molecule is Oc1ccc(N=Cc2ccccc2F)cc1-c1nc2ccccc2s1. The zero-order chi connectivity index (χ0) is 17.2. The Labute approximate surface area is 147 Å². The second-order valence-corrected chi connectivity index (χ2v) is 6.50. The summed E-state index contributed by atoms with van der Waals surface area (Å²) in [6.45, 7) is 0. The fraction of sp³-hybridized carbons (Fsp3) is 0. The van der Waals surface area contributed by atoms with E-state index in [9.17, 15) is 9.50 Å². The van der Waals surface area contributed by atoms with E-state index < -0.39 is 0 Å². The maximum atomic E-state index is 13.7. The molecule has 0 unspecified atom stereocenters. The van der Waals surface area contributed by atoms with E-state index in [4.69, 9.17) is 0 Å². The molecule has 3 nitrogen and oxygen atoms in total. The minimum Gasteiger partial charge on any atom is -0.507 e. The van der Waals surface area contributed by atoms with Crippen LogP contribution in [0.4, 0.5) is 10.1 Å². The minimum absolute atomic E-state index is 0.142. The molecule has 25 heavy (non-hydrogen) atoms. The van der Waals surface area contributed by atoms with Crippen LogP contribution in [0.1, 0.15) is 5.56 Å². The van der Waals surface area contributed by atoms with Gasteiger partial charge in [-0.25, -0.2) is 9.37 Å². The summed E-state index contributed by atoms with van der Waals surface area (Å²) in [4.78, 5) is 8.88. The Bertz CT molecular complexity index is 1050. The topological polar surface area (TPSA) is 45.5 Å². The zero-order valence-corrected chi connectivity index (χ0v) is 13.9. The van der Waals surface area contributed by atoms with Crippen molar-refractivity contribution < 1.29 is 9.50 Å². The number of hydrogen-bond donors (Lipinski definition) is 1. The van der Waals surface area contributed by atoms with Gasteiger partial charge in [0.2, 0.25) is 0 Å². The second-order valence-electron chi connectivity index (χ2n) is 5.47. The highest BCUT2D eigenvalue weighted by Crippen LogP contribution is 2.37. The highest BCUT2D eigenvalue weighted by Gasteiger charge is 2.11. The maximum absolute atomic E-state index is 13.7. The van der Waals surface area contributed by atoms with Crippen molar-refractivity contribution in [2.24, 2.45) is 4.99 Å². The van der Waals surface area contributed by atoms with Crippen LogP contribution in [-0.2, 0) is 0 Å². The molecule has 1 aromatic heterocycles. The molecule has 0 bridgehead atoms. The number of para-hydroxylation sites is 1. The first-order chi connectivity index (χ1) is 12.2. The van der Waals surface area contributed by atoms with Crippen LogP contribution in [0.25, 0.3) is 20.8 Å². The minimum atomic E-state index is -0.323. The number of aromatic hydroxyl groups is 1. The maximum Gasteiger partial charge on any atom is 0.131 e. The zero-order valence-electron chi connectivity index (χ0n) is 13.1. The summed E-state index contributed by atoms with van der Waals surface area (Å²) < 4.78 is 14.7. The monoisotopic (exact) mass is 348 g/mol. The van der Waals surface area contributed by atoms with Gasteiger partial charge in [0.1, 0.15) is 16.6 Å². The third-order valence-electron chi connectivity index (χ3n) is 3.76. The number of aromatic nitrogens is 1. The Balaban J connectivity index is 1.72. The van der Waals surface area contributed by atoms with Gasteiger partial charge in [-0.3, -0.25) is 4.99 Å². The number of phenols is 1. The van der Waals surface area contributed by atoms with E-state index in [1.54, 1.807) is 36.4 Å². The summed E-state index contributed by atoms with van der Waals surface area (Å²) in [5.74, 6) is -0.180. The lowest BCUT2D eigenvalue weighted by Crippen LogP contribution is -1.86. The Morgan fingerprint density at radius 3 is 2.64 bits per heavy atom. The van der Waals surface area contributed by atoms with Crippen LogP contribution in [0.15, 0.2) is 71.7 Å². The third kappa shape index (κ3) is 3.14. The van der Waals surface area contributed by atoms with E-state index in [2.05, 4.69) is 9.98 Å². The summed E-state index contributed by atoms with van der Waals surface area (Å²) in [5, 5.41) is 10.9. The first-order valence-corrected chi connectivity index (χ1v) is 8.50. The predicted octanol–water partition coefficient (Wildman–Crippen LogP) is 5.56. The number of thiazole rings is 1. The van der Waals surface area contributed by atoms with Crippen molar-refractivity contribution in [1.82, 2.24) is 4.98 Å². The number of rotatable bonds is 3. The normalized spacial score (nSPS) is 11.4. The van der Waals surface area contributed by atoms with Crippen molar-refractivity contribution in [1.29, 1.82) is 0 Å². The highest BCUT2D eigenvalue weighted by molar-refractivity contribution is 7.21. The number of nitrogens with zero attached hydrogens (tertiary/aromatic N) is 2. The number of aliphatic imine (C=N–C) groups is 1. The lowest BCUT2D eigenvalue weighted by molar-refractivity contribution is 0.477. The predicted molar refractivity (Wildman–Crippen MR) is 100 cm³/mol. The molecule has 1 N–H and O–H groups in total. The van der Waals surface area contributed by atoms with E-state index in [1.165, 1.54) is 23.6 Å². The van der Waals surface area contributed by atoms with Crippen LogP contribution < -0.4 is 0 Å². The van der Waals surface area contributed by atoms with E-state index in [0.29, 0.717) is 16.8 Å². The van der Waals surface area contributed by atoms with Gasteiger partial charge in [0, 0.05) is 11.8 Å². The summed E-state index contributed by atoms with van der Waals surface area (Å²) >= 11 is 1.51. The summed E-state index contributed by atoms with van der Waals surface area (Å²) in [6.07, 6.45) is 1.48. The third-order valence-corrected chi connectivity index (χ3v) is 4.83. The van der Waals surface area contributed by atoms with Crippen molar-refractivity contribution in [3.8, 4) is 16.3 Å². The van der Waals surface area contributed by atoms with Crippen LogP contribution in [0, 0.1) is 5.82 Å². The number of fused-ring (bicyclic) bond motifs is 1. The number of halogens is 1. The second kappa shape index (κ2) is 6.45. The summed E-state index contributed by atoms with van der Waals surface area (Å²) in [7, 11) is 0. The summed E-state index contributed by atoms with van der Waals surface area (Å²) in [6, 6.07) is 19.3. The number of hydrogen-bond acceptors (Lipinski definition) is 4. The van der Waals surface area contributed by atoms with Gasteiger partial charge in [0.25, 0.3) is 0 Å². The van der Waals surface area contributed by atoms with E-state index in [0.717, 1.165) is 15.2 Å². The fourth-order valence-electron chi connectivity index (χ4n) is 2.49. The molecule has 4 rings (SSSR count). The summed E-state index contributed by atoms with van der Waals surface area (Å²) in [5.41, 5.74) is 2.54. The Kier molecular flexibility index (Phi) is 3.99. The van der Waals surface area contributed by atoms with E-state index >= 15 is 0 Å². The quantitative estimate of drug-likeness (QED) is 0.493. The van der Waals surface area contributed by atoms with Crippen molar-refractivity contribution in [2.45, 2.75) is 0 Å². The molecular formula is C20H13FN2OS. The molecule has 3 aromatic carbocycles. The Morgan fingerprint density at radius 1 is 1.00 bits per heavy atom. The van der Waals surface area contributed by atoms with Gasteiger partial charge >= 0.3 is 0 Å². The molecule has 0 fully saturated rings. The average molecular weight is 348 g/mol. The molecule has 0 aliphatic rings. The van der Waals surface area contributed by atoms with Gasteiger partial charge < -0.3 is 5.11 Å². The van der Waals surface area contributed by atoms with Gasteiger partial charge in [-0.05, 0) is 36.4 Å². The molecular weight excluding hydrogens is 335 g/mol. The van der Waals surface area contributed by atoms with Gasteiger partial charge in [-0.2, -0.15) is 0 Å². The molecule has 0 amide bonds. The highest BCUT2D eigenvalue weighted by atomic mass is 32.1. The van der Waals surface area contributed by atoms with Crippen molar-refractivity contribution >= 4 is 33.5 Å². The van der Waals surface area contributed by atoms with Crippen molar-refractivity contribution in [3.05, 3.63) is 78.1 Å². The van der Waals surface area contributed by atoms with Gasteiger partial charge in [-0.15, -0.1) is 11.3 Å². The molecule has 0 radical (unpaired) electrons. The van der Waals surface area contributed by atoms with Gasteiger partial charge in [0.05, 0.1) is 21.5 Å². The molecule has 0 saturated heterocycles. The molecule has 0 spiro atoms. The van der Waals surface area contributed by atoms with Crippen LogP contribution in [0.2, 0.25) is 0 Å². The van der Waals surface area contributed by atoms with E-state index in [1.807, 2.05) is 24.3 Å². The molecule has 0 saturated carbocycles. The van der Waals surface area contributed by atoms with Gasteiger partial charge in [0.15, 0.2) is 0 Å². The molecule has 5 heteroatoms.